The molecule has 0 bridgehead atoms. The van der Waals surface area contributed by atoms with Crippen molar-refractivity contribution in [1.29, 1.82) is 0 Å². The van der Waals surface area contributed by atoms with Crippen molar-refractivity contribution in [2.75, 3.05) is 0 Å². The lowest BCUT2D eigenvalue weighted by Crippen LogP contribution is -2.35. The molecule has 0 radical (unpaired) electrons. The maximum atomic E-state index is 5.92. The summed E-state index contributed by atoms with van der Waals surface area (Å²) in [6, 6.07) is 10.3. The van der Waals surface area contributed by atoms with Gasteiger partial charge in [-0.15, -0.1) is 0 Å². The van der Waals surface area contributed by atoms with Crippen LogP contribution in [0.2, 0.25) is 0 Å². The lowest BCUT2D eigenvalue weighted by Gasteiger charge is -2.34. The smallest absolute Gasteiger partial charge is 0.0631 e. The van der Waals surface area contributed by atoms with Crippen LogP contribution in [0.1, 0.15) is 59.9 Å². The third kappa shape index (κ3) is 8.30. The average molecular weight is 250 g/mol. The number of rotatable bonds is 4. The van der Waals surface area contributed by atoms with Crippen molar-refractivity contribution in [2.24, 2.45) is 0 Å². The highest BCUT2D eigenvalue weighted by molar-refractivity contribution is 5.11. The van der Waals surface area contributed by atoms with Crippen molar-refractivity contribution in [3.63, 3.8) is 0 Å². The number of aryl methyl sites for hydroxylation is 1. The summed E-state index contributed by atoms with van der Waals surface area (Å²) in [5.74, 6) is 0. The van der Waals surface area contributed by atoms with Crippen LogP contribution in [0.25, 0.3) is 0 Å². The Hall–Kier alpha value is -0.820. The van der Waals surface area contributed by atoms with E-state index in [0.717, 1.165) is 12.8 Å². The predicted molar refractivity (Wildman–Crippen MR) is 81.0 cm³/mol. The molecule has 0 saturated heterocycles. The molecule has 1 nitrogen and oxygen atoms in total. The molecule has 0 fully saturated rings. The van der Waals surface area contributed by atoms with Crippen molar-refractivity contribution in [3.8, 4) is 0 Å². The van der Waals surface area contributed by atoms with E-state index in [9.17, 15) is 0 Å². The minimum atomic E-state index is 0.0273. The summed E-state index contributed by atoms with van der Waals surface area (Å²) in [6.07, 6.45) is 2.13. The topological polar surface area (TPSA) is 9.23 Å². The molecule has 0 unspecified atom stereocenters. The van der Waals surface area contributed by atoms with Gasteiger partial charge in [-0.05, 0) is 47.5 Å². The van der Waals surface area contributed by atoms with Gasteiger partial charge in [0.05, 0.1) is 11.2 Å². The molecule has 0 amide bonds. The van der Waals surface area contributed by atoms with E-state index >= 15 is 0 Å². The van der Waals surface area contributed by atoms with Gasteiger partial charge >= 0.3 is 0 Å². The summed E-state index contributed by atoms with van der Waals surface area (Å²) < 4.78 is 5.92. The third-order valence-electron chi connectivity index (χ3n) is 3.20. The SMILES string of the molecule is CCC(C)(C)OC(C)(C)CC.Cc1ccccc1. The molecule has 0 saturated carbocycles. The van der Waals surface area contributed by atoms with Crippen molar-refractivity contribution in [3.05, 3.63) is 35.9 Å². The highest BCUT2D eigenvalue weighted by Crippen LogP contribution is 2.24. The van der Waals surface area contributed by atoms with Crippen molar-refractivity contribution in [2.45, 2.75) is 72.5 Å². The maximum Gasteiger partial charge on any atom is 0.0631 e. The number of ether oxygens (including phenoxy) is 1. The van der Waals surface area contributed by atoms with Crippen molar-refractivity contribution < 1.29 is 4.74 Å². The molecule has 1 aromatic carbocycles. The van der Waals surface area contributed by atoms with Crippen LogP contribution in [0.5, 0.6) is 0 Å². The molecule has 1 aromatic rings. The van der Waals surface area contributed by atoms with Gasteiger partial charge in [0.2, 0.25) is 0 Å². The quantitative estimate of drug-likeness (QED) is 0.697. The Morgan fingerprint density at radius 2 is 1.22 bits per heavy atom. The molecule has 0 aliphatic rings. The first-order valence-corrected chi connectivity index (χ1v) is 6.94. The van der Waals surface area contributed by atoms with Gasteiger partial charge in [0.15, 0.2) is 0 Å². The van der Waals surface area contributed by atoms with Crippen molar-refractivity contribution >= 4 is 0 Å². The van der Waals surface area contributed by atoms with E-state index in [1.165, 1.54) is 5.56 Å². The monoisotopic (exact) mass is 250 g/mol. The van der Waals surface area contributed by atoms with Crippen LogP contribution in [0, 0.1) is 6.92 Å². The standard InChI is InChI=1S/C10H22O.C7H8/c1-7-9(3,4)11-10(5,6)8-2;1-7-5-3-2-4-6-7/h7-8H2,1-6H3;2-6H,1H3. The van der Waals surface area contributed by atoms with Gasteiger partial charge in [-0.25, -0.2) is 0 Å². The minimum absolute atomic E-state index is 0.0273. The Morgan fingerprint density at radius 1 is 0.833 bits per heavy atom. The van der Waals surface area contributed by atoms with Crippen LogP contribution in [0.4, 0.5) is 0 Å². The number of hydrogen-bond acceptors (Lipinski definition) is 1. The van der Waals surface area contributed by atoms with Gasteiger partial charge in [-0.1, -0.05) is 49.7 Å². The van der Waals surface area contributed by atoms with E-state index < -0.39 is 0 Å². The Bertz CT molecular complexity index is 298. The molecule has 104 valence electrons. The van der Waals surface area contributed by atoms with E-state index in [-0.39, 0.29) is 11.2 Å². The van der Waals surface area contributed by atoms with Crippen molar-refractivity contribution in [1.82, 2.24) is 0 Å². The second-order valence-electron chi connectivity index (χ2n) is 5.98. The number of hydrogen-bond donors (Lipinski definition) is 0. The zero-order chi connectivity index (χ0) is 14.2. The Morgan fingerprint density at radius 3 is 1.44 bits per heavy atom. The van der Waals surface area contributed by atoms with Gasteiger partial charge in [0.1, 0.15) is 0 Å². The van der Waals surface area contributed by atoms with Gasteiger partial charge in [0.25, 0.3) is 0 Å². The molecule has 18 heavy (non-hydrogen) atoms. The average Bonchev–Trinajstić information content (AvgIpc) is 2.30. The summed E-state index contributed by atoms with van der Waals surface area (Å²) in [5.41, 5.74) is 1.38. The molecular formula is C17H30O. The molecule has 0 heterocycles. The Labute approximate surface area is 114 Å². The summed E-state index contributed by atoms with van der Waals surface area (Å²) in [5, 5.41) is 0. The van der Waals surface area contributed by atoms with Crippen LogP contribution in [-0.2, 0) is 4.74 Å². The zero-order valence-electron chi connectivity index (χ0n) is 13.2. The highest BCUT2D eigenvalue weighted by atomic mass is 16.5. The molecule has 0 aromatic heterocycles. The summed E-state index contributed by atoms with van der Waals surface area (Å²) in [4.78, 5) is 0. The van der Waals surface area contributed by atoms with E-state index in [1.54, 1.807) is 0 Å². The molecule has 0 atom stereocenters. The van der Waals surface area contributed by atoms with Crippen LogP contribution in [0.15, 0.2) is 30.3 Å². The largest absolute Gasteiger partial charge is 0.370 e. The Kier molecular flexibility index (Phi) is 7.23. The molecule has 0 aliphatic heterocycles. The first-order chi connectivity index (χ1) is 8.22. The maximum absolute atomic E-state index is 5.92. The summed E-state index contributed by atoms with van der Waals surface area (Å²) in [6.45, 7) is 15.0. The molecule has 1 heteroatoms. The summed E-state index contributed by atoms with van der Waals surface area (Å²) >= 11 is 0. The minimum Gasteiger partial charge on any atom is -0.370 e. The number of benzene rings is 1. The van der Waals surface area contributed by atoms with Crippen LogP contribution in [0.3, 0.4) is 0 Å². The van der Waals surface area contributed by atoms with Gasteiger partial charge in [-0.3, -0.25) is 0 Å². The molecule has 1 rings (SSSR count). The molecule has 0 spiro atoms. The normalized spacial score (nSPS) is 11.7. The fourth-order valence-electron chi connectivity index (χ4n) is 1.43. The highest BCUT2D eigenvalue weighted by Gasteiger charge is 2.25. The van der Waals surface area contributed by atoms with Gasteiger partial charge < -0.3 is 4.74 Å². The lowest BCUT2D eigenvalue weighted by atomic mass is 10.0. The molecular weight excluding hydrogens is 220 g/mol. The lowest BCUT2D eigenvalue weighted by molar-refractivity contribution is -0.124. The van der Waals surface area contributed by atoms with E-state index in [2.05, 4.69) is 60.6 Å². The van der Waals surface area contributed by atoms with E-state index in [4.69, 9.17) is 4.74 Å². The molecule has 0 aliphatic carbocycles. The summed E-state index contributed by atoms with van der Waals surface area (Å²) in [7, 11) is 0. The fraction of sp³-hybridized carbons (Fsp3) is 0.647. The van der Waals surface area contributed by atoms with Crippen LogP contribution in [-0.4, -0.2) is 11.2 Å². The van der Waals surface area contributed by atoms with E-state index in [0.29, 0.717) is 0 Å². The van der Waals surface area contributed by atoms with Crippen LogP contribution < -0.4 is 0 Å². The first kappa shape index (κ1) is 17.2. The fourth-order valence-corrected chi connectivity index (χ4v) is 1.43. The zero-order valence-corrected chi connectivity index (χ0v) is 13.2. The second-order valence-corrected chi connectivity index (χ2v) is 5.98. The van der Waals surface area contributed by atoms with E-state index in [1.807, 2.05) is 18.2 Å². The second kappa shape index (κ2) is 7.58. The third-order valence-corrected chi connectivity index (χ3v) is 3.20. The Balaban J connectivity index is 0.000000351. The van der Waals surface area contributed by atoms with Gasteiger partial charge in [0, 0.05) is 0 Å². The molecule has 0 N–H and O–H groups in total. The van der Waals surface area contributed by atoms with Gasteiger partial charge in [-0.2, -0.15) is 0 Å². The first-order valence-electron chi connectivity index (χ1n) is 6.94. The van der Waals surface area contributed by atoms with Crippen LogP contribution >= 0.6 is 0 Å². The predicted octanol–water partition coefficient (Wildman–Crippen LogP) is 5.38.